The monoisotopic (exact) mass is 268 g/mol. The number of hydrogen-bond donors (Lipinski definition) is 3. The van der Waals surface area contributed by atoms with Crippen LogP contribution in [0.2, 0.25) is 0 Å². The number of carboxylic acid groups (broad SMARTS) is 1. The molecular formula is C14H24N2O3. The molecule has 2 amide bonds. The van der Waals surface area contributed by atoms with Crippen LogP contribution in [0.15, 0.2) is 12.2 Å². The summed E-state index contributed by atoms with van der Waals surface area (Å²) in [6.07, 6.45) is 7.50. The van der Waals surface area contributed by atoms with E-state index in [-0.39, 0.29) is 6.03 Å². The lowest BCUT2D eigenvalue weighted by Gasteiger charge is -2.36. The van der Waals surface area contributed by atoms with Crippen molar-refractivity contribution >= 4 is 12.0 Å². The summed E-state index contributed by atoms with van der Waals surface area (Å²) in [6, 6.07) is -0.388. The van der Waals surface area contributed by atoms with Gasteiger partial charge >= 0.3 is 12.0 Å². The predicted molar refractivity (Wildman–Crippen MR) is 74.0 cm³/mol. The smallest absolute Gasteiger partial charge is 0.329 e. The van der Waals surface area contributed by atoms with Crippen molar-refractivity contribution in [2.45, 2.75) is 51.5 Å². The number of urea groups is 1. The zero-order valence-corrected chi connectivity index (χ0v) is 11.7. The van der Waals surface area contributed by atoms with Crippen LogP contribution in [-0.2, 0) is 4.79 Å². The van der Waals surface area contributed by atoms with E-state index < -0.39 is 11.5 Å². The van der Waals surface area contributed by atoms with Gasteiger partial charge in [0.05, 0.1) is 0 Å². The first-order valence-corrected chi connectivity index (χ1v) is 6.91. The van der Waals surface area contributed by atoms with Gasteiger partial charge in [0.1, 0.15) is 5.54 Å². The van der Waals surface area contributed by atoms with E-state index in [1.807, 2.05) is 26.0 Å². The van der Waals surface area contributed by atoms with E-state index in [2.05, 4.69) is 10.6 Å². The zero-order valence-electron chi connectivity index (χ0n) is 11.7. The third-order valence-corrected chi connectivity index (χ3v) is 3.59. The maximum absolute atomic E-state index is 11.8. The second-order valence-electron chi connectivity index (χ2n) is 5.33. The molecule has 0 bridgehead atoms. The van der Waals surface area contributed by atoms with Gasteiger partial charge in [0, 0.05) is 6.54 Å². The summed E-state index contributed by atoms with van der Waals surface area (Å²) in [5.74, 6) is -0.601. The molecule has 108 valence electrons. The molecule has 19 heavy (non-hydrogen) atoms. The highest BCUT2D eigenvalue weighted by Gasteiger charge is 2.43. The molecule has 1 saturated carbocycles. The fourth-order valence-corrected chi connectivity index (χ4v) is 2.61. The molecule has 0 heterocycles. The Morgan fingerprint density at radius 1 is 1.47 bits per heavy atom. The third-order valence-electron chi connectivity index (χ3n) is 3.59. The molecule has 5 nitrogen and oxygen atoms in total. The second kappa shape index (κ2) is 7.16. The van der Waals surface area contributed by atoms with Gasteiger partial charge in [0.2, 0.25) is 0 Å². The molecule has 2 atom stereocenters. The quantitative estimate of drug-likeness (QED) is 0.529. The minimum absolute atomic E-state index is 0.327. The Morgan fingerprint density at radius 2 is 2.21 bits per heavy atom. The van der Waals surface area contributed by atoms with E-state index in [1.165, 1.54) is 0 Å². The Labute approximate surface area is 114 Å². The summed E-state index contributed by atoms with van der Waals surface area (Å²) in [4.78, 5) is 23.3. The zero-order chi connectivity index (χ0) is 14.3. The summed E-state index contributed by atoms with van der Waals surface area (Å²) in [5.41, 5.74) is -1.09. The van der Waals surface area contributed by atoms with E-state index >= 15 is 0 Å². The Balaban J connectivity index is 2.53. The van der Waals surface area contributed by atoms with E-state index in [0.717, 1.165) is 19.3 Å². The van der Waals surface area contributed by atoms with Gasteiger partial charge in [0.25, 0.3) is 0 Å². The average molecular weight is 268 g/mol. The standard InChI is InChI=1S/C14H24N2O3/c1-3-4-5-9-15-13(19)16-14(12(17)18)8-6-7-11(2)10-14/h3-4,11H,5-10H2,1-2H3,(H,17,18)(H2,15,16,19)/b4-3+. The van der Waals surface area contributed by atoms with Crippen LogP contribution < -0.4 is 10.6 Å². The van der Waals surface area contributed by atoms with Crippen molar-refractivity contribution in [1.82, 2.24) is 10.6 Å². The van der Waals surface area contributed by atoms with Gasteiger partial charge in [-0.1, -0.05) is 31.9 Å². The molecule has 0 spiro atoms. The van der Waals surface area contributed by atoms with Crippen LogP contribution in [0, 0.1) is 5.92 Å². The van der Waals surface area contributed by atoms with Gasteiger partial charge in [-0.2, -0.15) is 0 Å². The van der Waals surface area contributed by atoms with Crippen LogP contribution in [0.1, 0.15) is 46.0 Å². The topological polar surface area (TPSA) is 78.4 Å². The van der Waals surface area contributed by atoms with E-state index in [1.54, 1.807) is 0 Å². The molecule has 0 aromatic rings. The fourth-order valence-electron chi connectivity index (χ4n) is 2.61. The number of hydrogen-bond acceptors (Lipinski definition) is 2. The molecule has 3 N–H and O–H groups in total. The van der Waals surface area contributed by atoms with Gasteiger partial charge < -0.3 is 15.7 Å². The molecule has 2 unspecified atom stereocenters. The number of amides is 2. The van der Waals surface area contributed by atoms with Crippen LogP contribution in [0.3, 0.4) is 0 Å². The number of carboxylic acids is 1. The number of allylic oxidation sites excluding steroid dienone is 1. The van der Waals surface area contributed by atoms with Crippen molar-refractivity contribution in [1.29, 1.82) is 0 Å². The molecule has 1 rings (SSSR count). The first kappa shape index (κ1) is 15.5. The lowest BCUT2D eigenvalue weighted by atomic mass is 9.76. The minimum atomic E-state index is -1.09. The lowest BCUT2D eigenvalue weighted by Crippen LogP contribution is -2.59. The van der Waals surface area contributed by atoms with Crippen molar-refractivity contribution in [2.75, 3.05) is 6.54 Å². The Hall–Kier alpha value is -1.52. The first-order chi connectivity index (χ1) is 9.00. The average Bonchev–Trinajstić information content (AvgIpc) is 2.34. The summed E-state index contributed by atoms with van der Waals surface area (Å²) in [5, 5.41) is 14.8. The SMILES string of the molecule is C/C=C/CCNC(=O)NC1(C(=O)O)CCCC(C)C1. The van der Waals surface area contributed by atoms with E-state index in [4.69, 9.17) is 0 Å². The van der Waals surface area contributed by atoms with Crippen molar-refractivity contribution in [3.05, 3.63) is 12.2 Å². The van der Waals surface area contributed by atoms with Crippen molar-refractivity contribution < 1.29 is 14.7 Å². The Morgan fingerprint density at radius 3 is 2.79 bits per heavy atom. The predicted octanol–water partition coefficient (Wildman–Crippen LogP) is 2.29. The van der Waals surface area contributed by atoms with E-state index in [9.17, 15) is 14.7 Å². The summed E-state index contributed by atoms with van der Waals surface area (Å²) in [6.45, 7) is 4.47. The number of carbonyl (C=O) groups is 2. The number of nitrogens with one attached hydrogen (secondary N) is 2. The van der Waals surface area contributed by atoms with Gasteiger partial charge in [-0.25, -0.2) is 9.59 Å². The van der Waals surface area contributed by atoms with Crippen LogP contribution in [0.4, 0.5) is 4.79 Å². The first-order valence-electron chi connectivity index (χ1n) is 6.91. The Bertz CT molecular complexity index is 355. The molecule has 0 aromatic heterocycles. The van der Waals surface area contributed by atoms with Gasteiger partial charge in [-0.05, 0) is 32.1 Å². The third kappa shape index (κ3) is 4.58. The molecule has 5 heteroatoms. The van der Waals surface area contributed by atoms with Crippen molar-refractivity contribution in [2.24, 2.45) is 5.92 Å². The molecule has 1 fully saturated rings. The summed E-state index contributed by atoms with van der Waals surface area (Å²) in [7, 11) is 0. The largest absolute Gasteiger partial charge is 0.480 e. The molecule has 0 aromatic carbocycles. The molecule has 0 radical (unpaired) electrons. The normalized spacial score (nSPS) is 27.2. The molecule has 1 aliphatic carbocycles. The fraction of sp³-hybridized carbons (Fsp3) is 0.714. The van der Waals surface area contributed by atoms with Crippen LogP contribution in [0.5, 0.6) is 0 Å². The van der Waals surface area contributed by atoms with Crippen LogP contribution in [0.25, 0.3) is 0 Å². The van der Waals surface area contributed by atoms with Gasteiger partial charge in [0.15, 0.2) is 0 Å². The summed E-state index contributed by atoms with van der Waals surface area (Å²) < 4.78 is 0. The van der Waals surface area contributed by atoms with Gasteiger partial charge in [-0.3, -0.25) is 0 Å². The van der Waals surface area contributed by atoms with Crippen molar-refractivity contribution in [3.63, 3.8) is 0 Å². The Kier molecular flexibility index (Phi) is 5.86. The van der Waals surface area contributed by atoms with Gasteiger partial charge in [-0.15, -0.1) is 0 Å². The molecule has 0 saturated heterocycles. The molecule has 1 aliphatic rings. The maximum atomic E-state index is 11.8. The highest BCUT2D eigenvalue weighted by Crippen LogP contribution is 2.32. The number of carbonyl (C=O) groups excluding carboxylic acids is 1. The van der Waals surface area contributed by atoms with Crippen molar-refractivity contribution in [3.8, 4) is 0 Å². The second-order valence-corrected chi connectivity index (χ2v) is 5.33. The van der Waals surface area contributed by atoms with E-state index in [0.29, 0.717) is 25.3 Å². The highest BCUT2D eigenvalue weighted by atomic mass is 16.4. The maximum Gasteiger partial charge on any atom is 0.329 e. The minimum Gasteiger partial charge on any atom is -0.480 e. The molecular weight excluding hydrogens is 244 g/mol. The number of rotatable bonds is 5. The number of aliphatic carboxylic acids is 1. The summed E-state index contributed by atoms with van der Waals surface area (Å²) >= 11 is 0. The highest BCUT2D eigenvalue weighted by molar-refractivity contribution is 5.86. The molecule has 0 aliphatic heterocycles. The van der Waals surface area contributed by atoms with Crippen LogP contribution in [-0.4, -0.2) is 29.2 Å². The van der Waals surface area contributed by atoms with Crippen LogP contribution >= 0.6 is 0 Å². The lowest BCUT2D eigenvalue weighted by molar-refractivity contribution is -0.146.